The molecule has 1 aromatic heterocycles. The van der Waals surface area contributed by atoms with Gasteiger partial charge in [0.2, 0.25) is 0 Å². The lowest BCUT2D eigenvalue weighted by molar-refractivity contribution is 1.40. The molecule has 4 heteroatoms. The fourth-order valence-corrected chi connectivity index (χ4v) is 3.66. The first-order chi connectivity index (χ1) is 6.24. The van der Waals surface area contributed by atoms with Crippen LogP contribution in [0.2, 0.25) is 5.02 Å². The molecule has 0 N–H and O–H groups in total. The SMILES string of the molecule is ClCc1c(Br)cc2ccsc2c1Cl. The number of fused-ring (bicyclic) bond motifs is 1. The van der Waals surface area contributed by atoms with Crippen LogP contribution in [0.25, 0.3) is 10.1 Å². The van der Waals surface area contributed by atoms with Gasteiger partial charge in [0.15, 0.2) is 0 Å². The van der Waals surface area contributed by atoms with Crippen molar-refractivity contribution in [2.24, 2.45) is 0 Å². The van der Waals surface area contributed by atoms with Crippen molar-refractivity contribution in [1.29, 1.82) is 0 Å². The molecular weight excluding hydrogens is 291 g/mol. The van der Waals surface area contributed by atoms with Gasteiger partial charge in [0.25, 0.3) is 0 Å². The van der Waals surface area contributed by atoms with E-state index in [1.54, 1.807) is 11.3 Å². The summed E-state index contributed by atoms with van der Waals surface area (Å²) >= 11 is 17.1. The number of alkyl halides is 1. The highest BCUT2D eigenvalue weighted by molar-refractivity contribution is 9.10. The summed E-state index contributed by atoms with van der Waals surface area (Å²) in [7, 11) is 0. The molecule has 2 aromatic rings. The highest BCUT2D eigenvalue weighted by atomic mass is 79.9. The van der Waals surface area contributed by atoms with E-state index in [4.69, 9.17) is 23.2 Å². The molecule has 1 aromatic carbocycles. The van der Waals surface area contributed by atoms with Crippen molar-refractivity contribution in [3.63, 3.8) is 0 Å². The Kier molecular flexibility index (Phi) is 2.84. The molecule has 0 aliphatic carbocycles. The second kappa shape index (κ2) is 3.77. The predicted molar refractivity (Wildman–Crippen MR) is 64.1 cm³/mol. The van der Waals surface area contributed by atoms with E-state index in [1.807, 2.05) is 5.38 Å². The van der Waals surface area contributed by atoms with Gasteiger partial charge in [-0.05, 0) is 22.9 Å². The molecule has 0 saturated carbocycles. The van der Waals surface area contributed by atoms with Gasteiger partial charge in [-0.15, -0.1) is 22.9 Å². The average molecular weight is 296 g/mol. The minimum atomic E-state index is 0.438. The summed E-state index contributed by atoms with van der Waals surface area (Å²) in [6.07, 6.45) is 0. The van der Waals surface area contributed by atoms with Crippen LogP contribution in [0.3, 0.4) is 0 Å². The van der Waals surface area contributed by atoms with E-state index in [0.29, 0.717) is 5.88 Å². The molecule has 13 heavy (non-hydrogen) atoms. The van der Waals surface area contributed by atoms with Gasteiger partial charge in [-0.1, -0.05) is 27.5 Å². The first kappa shape index (κ1) is 9.78. The van der Waals surface area contributed by atoms with Gasteiger partial charge >= 0.3 is 0 Å². The van der Waals surface area contributed by atoms with E-state index in [0.717, 1.165) is 25.1 Å². The lowest BCUT2D eigenvalue weighted by atomic mass is 10.2. The maximum atomic E-state index is 6.18. The Morgan fingerprint density at radius 2 is 2.23 bits per heavy atom. The van der Waals surface area contributed by atoms with Crippen molar-refractivity contribution in [3.8, 4) is 0 Å². The zero-order valence-corrected chi connectivity index (χ0v) is 10.4. The highest BCUT2D eigenvalue weighted by Crippen LogP contribution is 2.37. The minimum Gasteiger partial charge on any atom is -0.142 e. The summed E-state index contributed by atoms with van der Waals surface area (Å²) in [4.78, 5) is 0. The molecule has 0 spiro atoms. The molecular formula is C9H5BrCl2S. The lowest BCUT2D eigenvalue weighted by Gasteiger charge is -2.04. The third-order valence-corrected chi connectivity index (χ3v) is 4.32. The monoisotopic (exact) mass is 294 g/mol. The molecule has 0 amide bonds. The molecule has 0 aliphatic rings. The molecule has 0 atom stereocenters. The largest absolute Gasteiger partial charge is 0.142 e. The van der Waals surface area contributed by atoms with Gasteiger partial charge in [0.05, 0.1) is 15.6 Å². The third-order valence-electron chi connectivity index (χ3n) is 1.86. The molecule has 0 unspecified atom stereocenters. The van der Waals surface area contributed by atoms with Crippen LogP contribution in [0, 0.1) is 0 Å². The fraction of sp³-hybridized carbons (Fsp3) is 0.111. The van der Waals surface area contributed by atoms with Crippen molar-refractivity contribution < 1.29 is 0 Å². The number of hydrogen-bond acceptors (Lipinski definition) is 1. The van der Waals surface area contributed by atoms with E-state index >= 15 is 0 Å². The second-order valence-electron chi connectivity index (χ2n) is 2.62. The fourth-order valence-electron chi connectivity index (χ4n) is 1.20. The van der Waals surface area contributed by atoms with E-state index < -0.39 is 0 Å². The van der Waals surface area contributed by atoms with Gasteiger partial charge < -0.3 is 0 Å². The maximum absolute atomic E-state index is 6.18. The van der Waals surface area contributed by atoms with Crippen LogP contribution in [0.1, 0.15) is 5.56 Å². The molecule has 0 aliphatic heterocycles. The second-order valence-corrected chi connectivity index (χ2v) is 5.04. The summed E-state index contributed by atoms with van der Waals surface area (Å²) < 4.78 is 2.10. The molecule has 0 saturated heterocycles. The third kappa shape index (κ3) is 1.61. The first-order valence-corrected chi connectivity index (χ1v) is 6.22. The standard InChI is InChI=1S/C9H5BrCl2S/c10-7-3-5-1-2-13-9(5)8(12)6(7)4-11/h1-3H,4H2. The highest BCUT2D eigenvalue weighted by Gasteiger charge is 2.09. The lowest BCUT2D eigenvalue weighted by Crippen LogP contribution is -1.82. The molecule has 0 fully saturated rings. The van der Waals surface area contributed by atoms with Crippen molar-refractivity contribution in [3.05, 3.63) is 32.6 Å². The Morgan fingerprint density at radius 3 is 2.92 bits per heavy atom. The van der Waals surface area contributed by atoms with Crippen LogP contribution in [0.4, 0.5) is 0 Å². The van der Waals surface area contributed by atoms with E-state index in [2.05, 4.69) is 28.1 Å². The first-order valence-electron chi connectivity index (χ1n) is 3.64. The van der Waals surface area contributed by atoms with Crippen LogP contribution in [0.5, 0.6) is 0 Å². The Balaban J connectivity index is 2.85. The smallest absolute Gasteiger partial charge is 0.0639 e. The molecule has 68 valence electrons. The van der Waals surface area contributed by atoms with Crippen LogP contribution < -0.4 is 0 Å². The number of benzene rings is 1. The summed E-state index contributed by atoms with van der Waals surface area (Å²) in [6.45, 7) is 0. The van der Waals surface area contributed by atoms with E-state index in [9.17, 15) is 0 Å². The minimum absolute atomic E-state index is 0.438. The predicted octanol–water partition coefficient (Wildman–Crippen LogP) is 5.06. The van der Waals surface area contributed by atoms with Crippen LogP contribution in [-0.2, 0) is 5.88 Å². The van der Waals surface area contributed by atoms with Gasteiger partial charge in [-0.2, -0.15) is 0 Å². The van der Waals surface area contributed by atoms with Crippen molar-refractivity contribution in [2.75, 3.05) is 0 Å². The normalized spacial score (nSPS) is 11.0. The molecule has 1 heterocycles. The Labute approximate surface area is 98.6 Å². The molecule has 2 rings (SSSR count). The zero-order valence-electron chi connectivity index (χ0n) is 6.48. The zero-order chi connectivity index (χ0) is 9.42. The molecule has 0 bridgehead atoms. The van der Waals surface area contributed by atoms with Gasteiger partial charge in [0.1, 0.15) is 0 Å². The van der Waals surface area contributed by atoms with Crippen molar-refractivity contribution in [2.45, 2.75) is 5.88 Å². The summed E-state index contributed by atoms with van der Waals surface area (Å²) in [6, 6.07) is 4.10. The maximum Gasteiger partial charge on any atom is 0.0639 e. The van der Waals surface area contributed by atoms with Crippen molar-refractivity contribution in [1.82, 2.24) is 0 Å². The van der Waals surface area contributed by atoms with Gasteiger partial charge in [-0.3, -0.25) is 0 Å². The average Bonchev–Trinajstić information content (AvgIpc) is 2.53. The number of rotatable bonds is 1. The topological polar surface area (TPSA) is 0 Å². The Hall–Kier alpha value is 0.240. The van der Waals surface area contributed by atoms with Crippen LogP contribution in [0.15, 0.2) is 22.0 Å². The summed E-state index contributed by atoms with van der Waals surface area (Å²) in [5.41, 5.74) is 0.971. The number of hydrogen-bond donors (Lipinski definition) is 0. The molecule has 0 radical (unpaired) electrons. The van der Waals surface area contributed by atoms with E-state index in [1.165, 1.54) is 0 Å². The van der Waals surface area contributed by atoms with Gasteiger partial charge in [-0.25, -0.2) is 0 Å². The molecule has 0 nitrogen and oxygen atoms in total. The van der Waals surface area contributed by atoms with Gasteiger partial charge in [0, 0.05) is 10.0 Å². The Bertz CT molecular complexity index is 450. The van der Waals surface area contributed by atoms with Crippen molar-refractivity contribution >= 4 is 60.6 Å². The quantitative estimate of drug-likeness (QED) is 0.645. The number of thiophene rings is 1. The Morgan fingerprint density at radius 1 is 1.46 bits per heavy atom. The summed E-state index contributed by atoms with van der Waals surface area (Å²) in [5.74, 6) is 0.438. The van der Waals surface area contributed by atoms with Crippen LogP contribution >= 0.6 is 50.5 Å². The summed E-state index contributed by atoms with van der Waals surface area (Å²) in [5, 5.41) is 3.96. The van der Waals surface area contributed by atoms with E-state index in [-0.39, 0.29) is 0 Å². The van der Waals surface area contributed by atoms with Crippen LogP contribution in [-0.4, -0.2) is 0 Å². The number of halogens is 3.